The Morgan fingerprint density at radius 3 is 2.47 bits per heavy atom. The van der Waals surface area contributed by atoms with E-state index in [1.807, 2.05) is 72.3 Å². The smallest absolute Gasteiger partial charge is 0.260 e. The first-order chi connectivity index (χ1) is 15.7. The maximum atomic E-state index is 13.6. The number of nitrogens with zero attached hydrogens (tertiary/aromatic N) is 3. The molecule has 158 valence electrons. The van der Waals surface area contributed by atoms with Crippen molar-refractivity contribution in [3.8, 4) is 23.0 Å². The van der Waals surface area contributed by atoms with E-state index in [4.69, 9.17) is 5.10 Å². The zero-order valence-electron chi connectivity index (χ0n) is 17.8. The summed E-state index contributed by atoms with van der Waals surface area (Å²) in [7, 11) is 0. The Bertz CT molecular complexity index is 1330. The highest BCUT2D eigenvalue weighted by molar-refractivity contribution is 7.16. The molecule has 6 heteroatoms. The summed E-state index contributed by atoms with van der Waals surface area (Å²) in [5.41, 5.74) is 5.41. The van der Waals surface area contributed by atoms with Gasteiger partial charge in [0, 0.05) is 10.4 Å². The number of aryl methyl sites for hydroxylation is 1. The van der Waals surface area contributed by atoms with E-state index >= 15 is 0 Å². The molecule has 0 spiro atoms. The van der Waals surface area contributed by atoms with Crippen LogP contribution in [0.4, 0.5) is 5.00 Å². The summed E-state index contributed by atoms with van der Waals surface area (Å²) >= 11 is 1.54. The number of nitriles is 1. The number of carbonyl (C=O) groups is 1. The maximum Gasteiger partial charge on any atom is 0.260 e. The Morgan fingerprint density at radius 1 is 1.06 bits per heavy atom. The molecular weight excluding hydrogens is 416 g/mol. The monoisotopic (exact) mass is 438 g/mol. The lowest BCUT2D eigenvalue weighted by Crippen LogP contribution is -2.14. The molecule has 1 aliphatic carbocycles. The molecule has 0 fully saturated rings. The van der Waals surface area contributed by atoms with Crippen molar-refractivity contribution in [1.29, 1.82) is 5.26 Å². The molecule has 5 nitrogen and oxygen atoms in total. The van der Waals surface area contributed by atoms with Gasteiger partial charge in [0.2, 0.25) is 0 Å². The van der Waals surface area contributed by atoms with Crippen LogP contribution in [-0.4, -0.2) is 15.7 Å². The van der Waals surface area contributed by atoms with Crippen LogP contribution in [0.3, 0.4) is 0 Å². The number of aromatic nitrogens is 2. The van der Waals surface area contributed by atoms with Gasteiger partial charge in [0.1, 0.15) is 16.8 Å². The van der Waals surface area contributed by atoms with Crippen LogP contribution >= 0.6 is 11.3 Å². The van der Waals surface area contributed by atoms with Gasteiger partial charge >= 0.3 is 0 Å². The van der Waals surface area contributed by atoms with Crippen LogP contribution < -0.4 is 5.32 Å². The third kappa shape index (κ3) is 3.51. The number of thiophene rings is 1. The van der Waals surface area contributed by atoms with Gasteiger partial charge in [0.05, 0.1) is 22.5 Å². The Balaban J connectivity index is 1.60. The highest BCUT2D eigenvalue weighted by atomic mass is 32.1. The van der Waals surface area contributed by atoms with Gasteiger partial charge in [-0.2, -0.15) is 10.4 Å². The molecule has 0 bridgehead atoms. The van der Waals surface area contributed by atoms with Crippen LogP contribution in [0.15, 0.2) is 60.7 Å². The van der Waals surface area contributed by atoms with Crippen molar-refractivity contribution in [3.05, 3.63) is 87.9 Å². The second-order valence-electron chi connectivity index (χ2n) is 7.90. The number of benzene rings is 2. The standard InChI is InChI=1S/C26H22N4OS/c1-17-23(25(31)28-26-21(16-27)20-14-8-9-15-22(20)32-26)24(18-10-4-2-5-11-18)29-30(17)19-12-6-3-7-13-19/h2-7,10-13H,8-9,14-15H2,1H3,(H,28,31). The fourth-order valence-electron chi connectivity index (χ4n) is 4.33. The van der Waals surface area contributed by atoms with E-state index in [1.54, 1.807) is 0 Å². The van der Waals surface area contributed by atoms with Gasteiger partial charge in [0.25, 0.3) is 5.91 Å². The van der Waals surface area contributed by atoms with Gasteiger partial charge in [-0.1, -0.05) is 48.5 Å². The normalized spacial score (nSPS) is 12.8. The number of nitrogens with one attached hydrogen (secondary N) is 1. The Labute approximate surface area is 191 Å². The van der Waals surface area contributed by atoms with Crippen molar-refractivity contribution in [2.75, 3.05) is 5.32 Å². The fraction of sp³-hybridized carbons (Fsp3) is 0.192. The molecule has 0 radical (unpaired) electrons. The van der Waals surface area contributed by atoms with Crippen molar-refractivity contribution >= 4 is 22.2 Å². The van der Waals surface area contributed by atoms with Gasteiger partial charge < -0.3 is 5.32 Å². The fourth-order valence-corrected chi connectivity index (χ4v) is 5.57. The van der Waals surface area contributed by atoms with Crippen LogP contribution in [0.2, 0.25) is 0 Å². The van der Waals surface area contributed by atoms with Gasteiger partial charge in [-0.25, -0.2) is 4.68 Å². The summed E-state index contributed by atoms with van der Waals surface area (Å²) < 4.78 is 1.81. The molecule has 2 aromatic heterocycles. The maximum absolute atomic E-state index is 13.6. The van der Waals surface area contributed by atoms with Crippen LogP contribution in [0, 0.1) is 18.3 Å². The Morgan fingerprint density at radius 2 is 1.75 bits per heavy atom. The van der Waals surface area contributed by atoms with Crippen LogP contribution in [0.5, 0.6) is 0 Å². The van der Waals surface area contributed by atoms with Crippen LogP contribution in [0.1, 0.15) is 44.9 Å². The molecule has 0 atom stereocenters. The number of rotatable bonds is 4. The molecule has 5 rings (SSSR count). The van der Waals surface area contributed by atoms with E-state index < -0.39 is 0 Å². The minimum atomic E-state index is -0.237. The van der Waals surface area contributed by atoms with Gasteiger partial charge in [-0.05, 0) is 50.3 Å². The van der Waals surface area contributed by atoms with Crippen LogP contribution in [-0.2, 0) is 12.8 Å². The largest absolute Gasteiger partial charge is 0.312 e. The molecule has 1 aliphatic rings. The SMILES string of the molecule is Cc1c(C(=O)Nc2sc3c(c2C#N)CCCC3)c(-c2ccccc2)nn1-c1ccccc1. The lowest BCUT2D eigenvalue weighted by molar-refractivity contribution is 0.102. The quantitative estimate of drug-likeness (QED) is 0.430. The number of para-hydroxylation sites is 1. The van der Waals surface area contributed by atoms with Crippen molar-refractivity contribution in [3.63, 3.8) is 0 Å². The molecular formula is C26H22N4OS. The van der Waals surface area contributed by atoms with E-state index in [2.05, 4.69) is 11.4 Å². The highest BCUT2D eigenvalue weighted by Crippen LogP contribution is 2.38. The topological polar surface area (TPSA) is 70.7 Å². The predicted molar refractivity (Wildman–Crippen MR) is 127 cm³/mol. The van der Waals surface area contributed by atoms with Crippen molar-refractivity contribution in [1.82, 2.24) is 9.78 Å². The number of fused-ring (bicyclic) bond motifs is 1. The zero-order chi connectivity index (χ0) is 22.1. The number of amides is 1. The first-order valence-electron chi connectivity index (χ1n) is 10.7. The summed E-state index contributed by atoms with van der Waals surface area (Å²) in [5, 5.41) is 18.3. The van der Waals surface area contributed by atoms with Gasteiger partial charge in [-0.15, -0.1) is 11.3 Å². The Kier molecular flexibility index (Phi) is 5.34. The predicted octanol–water partition coefficient (Wildman–Crippen LogP) is 5.91. The molecule has 0 aliphatic heterocycles. The molecule has 0 saturated carbocycles. The third-order valence-corrected chi connectivity index (χ3v) is 7.11. The van der Waals surface area contributed by atoms with E-state index in [0.717, 1.165) is 48.2 Å². The summed E-state index contributed by atoms with van der Waals surface area (Å²) in [5.74, 6) is -0.237. The summed E-state index contributed by atoms with van der Waals surface area (Å²) in [6.45, 7) is 1.91. The molecule has 0 unspecified atom stereocenters. The third-order valence-electron chi connectivity index (χ3n) is 5.90. The number of hydrogen-bond donors (Lipinski definition) is 1. The number of carbonyl (C=O) groups excluding carboxylic acids is 1. The lowest BCUT2D eigenvalue weighted by Gasteiger charge is -2.09. The van der Waals surface area contributed by atoms with Crippen LogP contribution in [0.25, 0.3) is 16.9 Å². The zero-order valence-corrected chi connectivity index (χ0v) is 18.6. The van der Waals surface area contributed by atoms with Gasteiger partial charge in [-0.3, -0.25) is 4.79 Å². The Hall–Kier alpha value is -3.69. The van der Waals surface area contributed by atoms with Gasteiger partial charge in [0.15, 0.2) is 0 Å². The van der Waals surface area contributed by atoms with E-state index in [1.165, 1.54) is 16.2 Å². The van der Waals surface area contributed by atoms with E-state index in [0.29, 0.717) is 21.8 Å². The number of hydrogen-bond acceptors (Lipinski definition) is 4. The van der Waals surface area contributed by atoms with E-state index in [-0.39, 0.29) is 5.91 Å². The molecule has 0 saturated heterocycles. The molecule has 32 heavy (non-hydrogen) atoms. The second-order valence-corrected chi connectivity index (χ2v) is 9.01. The summed E-state index contributed by atoms with van der Waals surface area (Å²) in [4.78, 5) is 14.8. The first-order valence-corrected chi connectivity index (χ1v) is 11.6. The molecule has 2 aromatic carbocycles. The molecule has 1 amide bonds. The second kappa shape index (κ2) is 8.45. The average Bonchev–Trinajstić information content (AvgIpc) is 3.37. The van der Waals surface area contributed by atoms with Crippen molar-refractivity contribution in [2.45, 2.75) is 32.6 Å². The van der Waals surface area contributed by atoms with Crippen molar-refractivity contribution in [2.24, 2.45) is 0 Å². The summed E-state index contributed by atoms with van der Waals surface area (Å²) in [6, 6.07) is 21.9. The van der Waals surface area contributed by atoms with E-state index in [9.17, 15) is 10.1 Å². The number of anilines is 1. The highest BCUT2D eigenvalue weighted by Gasteiger charge is 2.26. The molecule has 2 heterocycles. The minimum Gasteiger partial charge on any atom is -0.312 e. The minimum absolute atomic E-state index is 0.237. The summed E-state index contributed by atoms with van der Waals surface area (Å²) in [6.07, 6.45) is 4.11. The average molecular weight is 439 g/mol. The lowest BCUT2D eigenvalue weighted by atomic mass is 9.96. The first kappa shape index (κ1) is 20.2. The molecule has 1 N–H and O–H groups in total. The molecule has 4 aromatic rings. The van der Waals surface area contributed by atoms with Crippen molar-refractivity contribution < 1.29 is 4.79 Å².